The van der Waals surface area contributed by atoms with E-state index in [1.807, 2.05) is 40.1 Å². The summed E-state index contributed by atoms with van der Waals surface area (Å²) in [6, 6.07) is 14.2. The van der Waals surface area contributed by atoms with Gasteiger partial charge in [-0.15, -0.1) is 0 Å². The lowest BCUT2D eigenvalue weighted by Crippen LogP contribution is -2.49. The maximum absolute atomic E-state index is 12.2. The number of hydrogen-bond donors (Lipinski definition) is 0. The molecule has 0 bridgehead atoms. The molecule has 1 fully saturated rings. The number of piperazine rings is 1. The first-order chi connectivity index (χ1) is 11.3. The van der Waals surface area contributed by atoms with Crippen LogP contribution in [0.25, 0.3) is 6.08 Å². The number of carbonyl (C=O) groups is 1. The van der Waals surface area contributed by atoms with Gasteiger partial charge in [-0.05, 0) is 17.7 Å². The number of carbonyl (C=O) groups excluding carboxylic acids is 1. The second kappa shape index (κ2) is 7.79. The van der Waals surface area contributed by atoms with E-state index in [2.05, 4.69) is 41.3 Å². The summed E-state index contributed by atoms with van der Waals surface area (Å²) in [5.41, 5.74) is 1.23. The van der Waals surface area contributed by atoms with Crippen molar-refractivity contribution in [2.24, 2.45) is 0 Å². The van der Waals surface area contributed by atoms with Gasteiger partial charge >= 0.3 is 0 Å². The third kappa shape index (κ3) is 4.57. The number of hydrogen-bond acceptors (Lipinski definition) is 2. The SMILES string of the molecule is O=C(Cn1cccc1)N1CCN(C/C=C/c2ccccc2)CC1. The molecule has 4 nitrogen and oxygen atoms in total. The molecule has 0 saturated carbocycles. The van der Waals surface area contributed by atoms with Gasteiger partial charge in [-0.1, -0.05) is 42.5 Å². The van der Waals surface area contributed by atoms with Crippen LogP contribution in [-0.2, 0) is 11.3 Å². The molecule has 1 amide bonds. The van der Waals surface area contributed by atoms with E-state index in [1.54, 1.807) is 0 Å². The Kier molecular flexibility index (Phi) is 5.27. The molecule has 23 heavy (non-hydrogen) atoms. The van der Waals surface area contributed by atoms with Crippen LogP contribution in [0.3, 0.4) is 0 Å². The molecule has 0 N–H and O–H groups in total. The molecule has 1 aromatic heterocycles. The minimum absolute atomic E-state index is 0.209. The Hall–Kier alpha value is -2.33. The van der Waals surface area contributed by atoms with Crippen molar-refractivity contribution in [1.29, 1.82) is 0 Å². The van der Waals surface area contributed by atoms with E-state index >= 15 is 0 Å². The van der Waals surface area contributed by atoms with Gasteiger partial charge in [-0.3, -0.25) is 9.69 Å². The maximum Gasteiger partial charge on any atom is 0.242 e. The van der Waals surface area contributed by atoms with Crippen molar-refractivity contribution in [2.45, 2.75) is 6.54 Å². The van der Waals surface area contributed by atoms with Gasteiger partial charge in [0.15, 0.2) is 0 Å². The molecule has 0 aliphatic carbocycles. The van der Waals surface area contributed by atoms with Crippen LogP contribution in [0.4, 0.5) is 0 Å². The quantitative estimate of drug-likeness (QED) is 0.848. The van der Waals surface area contributed by atoms with Crippen molar-refractivity contribution < 1.29 is 4.79 Å². The predicted molar refractivity (Wildman–Crippen MR) is 92.9 cm³/mol. The minimum atomic E-state index is 0.209. The highest BCUT2D eigenvalue weighted by atomic mass is 16.2. The first-order valence-corrected chi connectivity index (χ1v) is 8.14. The number of nitrogens with zero attached hydrogens (tertiary/aromatic N) is 3. The van der Waals surface area contributed by atoms with Crippen molar-refractivity contribution in [3.8, 4) is 0 Å². The first kappa shape index (κ1) is 15.6. The van der Waals surface area contributed by atoms with Gasteiger partial charge in [0.2, 0.25) is 5.91 Å². The van der Waals surface area contributed by atoms with E-state index in [0.717, 1.165) is 32.7 Å². The number of aromatic nitrogens is 1. The molecule has 2 heterocycles. The Labute approximate surface area is 137 Å². The van der Waals surface area contributed by atoms with E-state index in [-0.39, 0.29) is 5.91 Å². The summed E-state index contributed by atoms with van der Waals surface area (Å²) in [5, 5.41) is 0. The lowest BCUT2D eigenvalue weighted by molar-refractivity contribution is -0.133. The monoisotopic (exact) mass is 309 g/mol. The minimum Gasteiger partial charge on any atom is -0.345 e. The van der Waals surface area contributed by atoms with Gasteiger partial charge < -0.3 is 9.47 Å². The standard InChI is InChI=1S/C19H23N3O/c23-19(17-21-10-4-5-11-21)22-15-13-20(14-16-22)12-6-9-18-7-2-1-3-8-18/h1-11H,12-17H2/b9-6+. The lowest BCUT2D eigenvalue weighted by Gasteiger charge is -2.34. The second-order valence-corrected chi connectivity index (χ2v) is 5.85. The van der Waals surface area contributed by atoms with Gasteiger partial charge in [-0.2, -0.15) is 0 Å². The zero-order valence-electron chi connectivity index (χ0n) is 13.3. The fourth-order valence-corrected chi connectivity index (χ4v) is 2.81. The molecule has 1 saturated heterocycles. The van der Waals surface area contributed by atoms with E-state index in [9.17, 15) is 4.79 Å². The summed E-state index contributed by atoms with van der Waals surface area (Å²) in [7, 11) is 0. The molecule has 3 rings (SSSR count). The number of rotatable bonds is 5. The van der Waals surface area contributed by atoms with Gasteiger partial charge in [0.1, 0.15) is 6.54 Å². The van der Waals surface area contributed by atoms with Crippen LogP contribution in [0.2, 0.25) is 0 Å². The average Bonchev–Trinajstić information content (AvgIpc) is 3.09. The summed E-state index contributed by atoms with van der Waals surface area (Å²) < 4.78 is 1.93. The molecule has 1 aliphatic heterocycles. The summed E-state index contributed by atoms with van der Waals surface area (Å²) in [6.45, 7) is 4.90. The number of benzene rings is 1. The van der Waals surface area contributed by atoms with Crippen LogP contribution in [0.1, 0.15) is 5.56 Å². The second-order valence-electron chi connectivity index (χ2n) is 5.85. The fourth-order valence-electron chi connectivity index (χ4n) is 2.81. The largest absolute Gasteiger partial charge is 0.345 e. The van der Waals surface area contributed by atoms with Gasteiger partial charge in [0.05, 0.1) is 0 Å². The highest BCUT2D eigenvalue weighted by Gasteiger charge is 2.20. The first-order valence-electron chi connectivity index (χ1n) is 8.14. The molecule has 0 unspecified atom stereocenters. The normalized spacial score (nSPS) is 16.1. The Morgan fingerprint density at radius 2 is 1.65 bits per heavy atom. The van der Waals surface area contributed by atoms with Crippen LogP contribution in [0.15, 0.2) is 60.9 Å². The highest BCUT2D eigenvalue weighted by Crippen LogP contribution is 2.06. The topological polar surface area (TPSA) is 28.5 Å². The molecule has 0 atom stereocenters. The summed E-state index contributed by atoms with van der Waals surface area (Å²) in [6.07, 6.45) is 8.22. The van der Waals surface area contributed by atoms with Crippen LogP contribution in [0.5, 0.6) is 0 Å². The van der Waals surface area contributed by atoms with E-state index in [4.69, 9.17) is 0 Å². The zero-order valence-corrected chi connectivity index (χ0v) is 13.3. The predicted octanol–water partition coefficient (Wildman–Crippen LogP) is 2.35. The molecule has 4 heteroatoms. The van der Waals surface area contributed by atoms with Crippen molar-refractivity contribution in [3.05, 3.63) is 66.5 Å². The molecular weight excluding hydrogens is 286 g/mol. The number of amides is 1. The van der Waals surface area contributed by atoms with Gasteiger partial charge in [0, 0.05) is 45.1 Å². The van der Waals surface area contributed by atoms with Crippen LogP contribution >= 0.6 is 0 Å². The van der Waals surface area contributed by atoms with Crippen LogP contribution in [0, 0.1) is 0 Å². The van der Waals surface area contributed by atoms with E-state index < -0.39 is 0 Å². The molecule has 1 aromatic carbocycles. The Bertz CT molecular complexity index is 626. The van der Waals surface area contributed by atoms with Gasteiger partial charge in [0.25, 0.3) is 0 Å². The summed E-state index contributed by atoms with van der Waals surface area (Å²) >= 11 is 0. The summed E-state index contributed by atoms with van der Waals surface area (Å²) in [5.74, 6) is 0.209. The average molecular weight is 309 g/mol. The third-order valence-corrected chi connectivity index (χ3v) is 4.18. The maximum atomic E-state index is 12.2. The van der Waals surface area contributed by atoms with E-state index in [0.29, 0.717) is 6.54 Å². The van der Waals surface area contributed by atoms with Crippen molar-refractivity contribution in [1.82, 2.24) is 14.4 Å². The lowest BCUT2D eigenvalue weighted by atomic mass is 10.2. The zero-order chi connectivity index (χ0) is 15.9. The molecule has 2 aromatic rings. The van der Waals surface area contributed by atoms with Gasteiger partial charge in [-0.25, -0.2) is 0 Å². The summed E-state index contributed by atoms with van der Waals surface area (Å²) in [4.78, 5) is 16.6. The fraction of sp³-hybridized carbons (Fsp3) is 0.316. The molecule has 1 aliphatic rings. The Morgan fingerprint density at radius 1 is 0.957 bits per heavy atom. The van der Waals surface area contributed by atoms with Crippen LogP contribution in [-0.4, -0.2) is 53.0 Å². The van der Waals surface area contributed by atoms with Crippen molar-refractivity contribution in [2.75, 3.05) is 32.7 Å². The highest BCUT2D eigenvalue weighted by molar-refractivity contribution is 5.76. The molecule has 0 radical (unpaired) electrons. The third-order valence-electron chi connectivity index (χ3n) is 4.18. The van der Waals surface area contributed by atoms with Crippen LogP contribution < -0.4 is 0 Å². The molecular formula is C19H23N3O. The molecule has 120 valence electrons. The Morgan fingerprint density at radius 3 is 2.35 bits per heavy atom. The molecule has 0 spiro atoms. The smallest absolute Gasteiger partial charge is 0.242 e. The van der Waals surface area contributed by atoms with Crippen molar-refractivity contribution >= 4 is 12.0 Å². The van der Waals surface area contributed by atoms with Crippen molar-refractivity contribution in [3.63, 3.8) is 0 Å². The van der Waals surface area contributed by atoms with E-state index in [1.165, 1.54) is 5.56 Å². The Balaban J connectivity index is 1.41.